The van der Waals surface area contributed by atoms with Crippen molar-refractivity contribution in [3.05, 3.63) is 48.0 Å². The number of aromatic amines is 1. The number of benzene rings is 2. The van der Waals surface area contributed by atoms with Crippen LogP contribution < -0.4 is 14.8 Å². The monoisotopic (exact) mass is 397 g/mol. The molecule has 146 valence electrons. The Kier molecular flexibility index (Phi) is 5.71. The lowest BCUT2D eigenvalue weighted by Gasteiger charge is -2.19. The van der Waals surface area contributed by atoms with Gasteiger partial charge in [-0.1, -0.05) is 36.9 Å². The van der Waals surface area contributed by atoms with Crippen LogP contribution in [0.2, 0.25) is 0 Å². The van der Waals surface area contributed by atoms with Gasteiger partial charge in [-0.3, -0.25) is 4.79 Å². The van der Waals surface area contributed by atoms with Crippen molar-refractivity contribution >= 4 is 28.7 Å². The van der Waals surface area contributed by atoms with Crippen molar-refractivity contribution in [2.24, 2.45) is 0 Å². The molecule has 0 radical (unpaired) electrons. The molecule has 6 nitrogen and oxygen atoms in total. The first-order valence-corrected chi connectivity index (χ1v) is 10.5. The molecule has 28 heavy (non-hydrogen) atoms. The fourth-order valence-corrected chi connectivity index (χ4v) is 3.88. The summed E-state index contributed by atoms with van der Waals surface area (Å²) in [6.07, 6.45) is 1.66. The molecule has 1 amide bonds. The molecule has 0 fully saturated rings. The van der Waals surface area contributed by atoms with Crippen LogP contribution in [-0.4, -0.2) is 34.8 Å². The number of para-hydroxylation sites is 2. The number of aromatic nitrogens is 2. The van der Waals surface area contributed by atoms with Gasteiger partial charge in [-0.05, 0) is 36.2 Å². The summed E-state index contributed by atoms with van der Waals surface area (Å²) in [4.78, 5) is 20.2. The maximum Gasteiger partial charge on any atom is 0.230 e. The summed E-state index contributed by atoms with van der Waals surface area (Å²) >= 11 is 1.40. The van der Waals surface area contributed by atoms with Crippen LogP contribution in [0.15, 0.2) is 47.6 Å². The molecule has 3 aromatic rings. The summed E-state index contributed by atoms with van der Waals surface area (Å²) in [5.74, 6) is 1.80. The summed E-state index contributed by atoms with van der Waals surface area (Å²) in [5, 5.41) is 3.86. The number of nitrogens with zero attached hydrogens (tertiary/aromatic N) is 1. The molecule has 2 heterocycles. The van der Waals surface area contributed by atoms with Gasteiger partial charge in [0.1, 0.15) is 0 Å². The average molecular weight is 398 g/mol. The molecule has 1 aromatic heterocycles. The van der Waals surface area contributed by atoms with E-state index in [4.69, 9.17) is 9.47 Å². The molecule has 0 spiro atoms. The standard InChI is InChI=1S/C21H23N3O3S/c1-2-15(14-8-9-18-19(12-14)27-11-5-10-26-18)22-20(25)13-28-21-23-16-6-3-4-7-17(16)24-21/h3-4,6-9,12,15H,2,5,10-11,13H2,1H3,(H,22,25)(H,23,24)/t15-/m1/s1. The number of amides is 1. The Morgan fingerprint density at radius 1 is 1.21 bits per heavy atom. The van der Waals surface area contributed by atoms with Crippen LogP contribution in [0.5, 0.6) is 11.5 Å². The van der Waals surface area contributed by atoms with E-state index in [2.05, 4.69) is 22.2 Å². The number of hydrogen-bond acceptors (Lipinski definition) is 5. The summed E-state index contributed by atoms with van der Waals surface area (Å²) in [6.45, 7) is 3.37. The first-order chi connectivity index (χ1) is 13.7. The minimum atomic E-state index is -0.0686. The van der Waals surface area contributed by atoms with E-state index in [1.807, 2.05) is 42.5 Å². The van der Waals surface area contributed by atoms with Crippen LogP contribution in [-0.2, 0) is 4.79 Å². The second-order valence-corrected chi connectivity index (χ2v) is 7.60. The van der Waals surface area contributed by atoms with Crippen LogP contribution in [0.4, 0.5) is 0 Å². The van der Waals surface area contributed by atoms with Gasteiger partial charge >= 0.3 is 0 Å². The maximum absolute atomic E-state index is 12.5. The molecule has 7 heteroatoms. The molecule has 0 unspecified atom stereocenters. The Labute approximate surface area is 168 Å². The predicted octanol–water partition coefficient (Wildman–Crippen LogP) is 4.08. The quantitative estimate of drug-likeness (QED) is 0.613. The third kappa shape index (κ3) is 4.25. The third-order valence-corrected chi connectivity index (χ3v) is 5.50. The highest BCUT2D eigenvalue weighted by atomic mass is 32.2. The van der Waals surface area contributed by atoms with Gasteiger partial charge in [-0.15, -0.1) is 0 Å². The van der Waals surface area contributed by atoms with Crippen molar-refractivity contribution in [3.8, 4) is 11.5 Å². The molecule has 1 aliphatic heterocycles. The first kappa shape index (κ1) is 18.7. The van der Waals surface area contributed by atoms with Crippen molar-refractivity contribution in [3.63, 3.8) is 0 Å². The molecule has 2 N–H and O–H groups in total. The van der Waals surface area contributed by atoms with Crippen LogP contribution >= 0.6 is 11.8 Å². The van der Waals surface area contributed by atoms with Gasteiger partial charge in [-0.2, -0.15) is 0 Å². The van der Waals surface area contributed by atoms with E-state index in [0.717, 1.165) is 46.1 Å². The van der Waals surface area contributed by atoms with Crippen molar-refractivity contribution in [1.29, 1.82) is 0 Å². The number of nitrogens with one attached hydrogen (secondary N) is 2. The van der Waals surface area contributed by atoms with Gasteiger partial charge in [-0.25, -0.2) is 4.98 Å². The zero-order valence-electron chi connectivity index (χ0n) is 15.7. The van der Waals surface area contributed by atoms with E-state index in [1.165, 1.54) is 11.8 Å². The molecule has 4 rings (SSSR count). The van der Waals surface area contributed by atoms with Gasteiger partial charge in [0.05, 0.1) is 36.0 Å². The van der Waals surface area contributed by atoms with E-state index in [1.54, 1.807) is 0 Å². The van der Waals surface area contributed by atoms with Crippen molar-refractivity contribution in [2.45, 2.75) is 31.0 Å². The van der Waals surface area contributed by atoms with Crippen molar-refractivity contribution < 1.29 is 14.3 Å². The summed E-state index contributed by atoms with van der Waals surface area (Å²) in [6, 6.07) is 13.7. The van der Waals surface area contributed by atoms with Crippen LogP contribution in [0.1, 0.15) is 31.4 Å². The van der Waals surface area contributed by atoms with Crippen molar-refractivity contribution in [2.75, 3.05) is 19.0 Å². The summed E-state index contributed by atoms with van der Waals surface area (Å²) in [5.41, 5.74) is 2.90. The summed E-state index contributed by atoms with van der Waals surface area (Å²) < 4.78 is 11.5. The number of hydrogen-bond donors (Lipinski definition) is 2. The molecule has 0 saturated carbocycles. The highest BCUT2D eigenvalue weighted by Crippen LogP contribution is 2.33. The van der Waals surface area contributed by atoms with E-state index in [0.29, 0.717) is 19.0 Å². The number of carbonyl (C=O) groups excluding carboxylic acids is 1. The van der Waals surface area contributed by atoms with Crippen LogP contribution in [0.25, 0.3) is 11.0 Å². The van der Waals surface area contributed by atoms with Crippen molar-refractivity contribution in [1.82, 2.24) is 15.3 Å². The molecular formula is C21H23N3O3S. The minimum Gasteiger partial charge on any atom is -0.490 e. The van der Waals surface area contributed by atoms with Gasteiger partial charge in [0.25, 0.3) is 0 Å². The second-order valence-electron chi connectivity index (χ2n) is 6.63. The molecule has 1 aliphatic rings. The van der Waals surface area contributed by atoms with E-state index >= 15 is 0 Å². The predicted molar refractivity (Wildman–Crippen MR) is 110 cm³/mol. The fourth-order valence-electron chi connectivity index (χ4n) is 3.19. The largest absolute Gasteiger partial charge is 0.490 e. The Bertz CT molecular complexity index is 939. The fraction of sp³-hybridized carbons (Fsp3) is 0.333. The van der Waals surface area contributed by atoms with E-state index in [9.17, 15) is 4.79 Å². The van der Waals surface area contributed by atoms with Gasteiger partial charge in [0, 0.05) is 6.42 Å². The smallest absolute Gasteiger partial charge is 0.230 e. The first-order valence-electron chi connectivity index (χ1n) is 9.49. The molecule has 0 aliphatic carbocycles. The Balaban J connectivity index is 1.38. The number of rotatable bonds is 6. The normalized spacial score (nSPS) is 14.5. The Morgan fingerprint density at radius 3 is 2.86 bits per heavy atom. The van der Waals surface area contributed by atoms with E-state index < -0.39 is 0 Å². The maximum atomic E-state index is 12.5. The van der Waals surface area contributed by atoms with E-state index in [-0.39, 0.29) is 11.9 Å². The Morgan fingerprint density at radius 2 is 2.04 bits per heavy atom. The van der Waals surface area contributed by atoms with Gasteiger partial charge in [0.15, 0.2) is 16.7 Å². The van der Waals surface area contributed by atoms with Crippen LogP contribution in [0, 0.1) is 0 Å². The second kappa shape index (κ2) is 8.56. The SMILES string of the molecule is CC[C@@H](NC(=O)CSc1nc2ccccc2[nH]1)c1ccc2c(c1)OCCCO2. The molecule has 0 bridgehead atoms. The highest BCUT2D eigenvalue weighted by molar-refractivity contribution is 7.99. The number of H-pyrrole nitrogens is 1. The number of ether oxygens (including phenoxy) is 2. The lowest BCUT2D eigenvalue weighted by Crippen LogP contribution is -2.29. The minimum absolute atomic E-state index is 0.0237. The average Bonchev–Trinajstić information content (AvgIpc) is 2.99. The topological polar surface area (TPSA) is 76.2 Å². The number of carbonyl (C=O) groups is 1. The zero-order valence-corrected chi connectivity index (χ0v) is 16.6. The molecule has 2 aromatic carbocycles. The number of thioether (sulfide) groups is 1. The molecular weight excluding hydrogens is 374 g/mol. The van der Waals surface area contributed by atoms with Gasteiger partial charge in [0.2, 0.25) is 5.91 Å². The lowest BCUT2D eigenvalue weighted by atomic mass is 10.0. The molecule has 0 saturated heterocycles. The van der Waals surface area contributed by atoms with Gasteiger partial charge < -0.3 is 19.8 Å². The third-order valence-electron chi connectivity index (χ3n) is 4.63. The number of fused-ring (bicyclic) bond motifs is 2. The zero-order chi connectivity index (χ0) is 19.3. The summed E-state index contributed by atoms with van der Waals surface area (Å²) in [7, 11) is 0. The highest BCUT2D eigenvalue weighted by Gasteiger charge is 2.17. The lowest BCUT2D eigenvalue weighted by molar-refractivity contribution is -0.119. The van der Waals surface area contributed by atoms with Crippen LogP contribution in [0.3, 0.4) is 0 Å². The molecule has 1 atom stereocenters. The number of imidazole rings is 1. The Hall–Kier alpha value is -2.67.